The number of benzene rings is 2. The molecule has 0 radical (unpaired) electrons. The monoisotopic (exact) mass is 721 g/mol. The molecular formula is C37H44BrN3O7. The number of halogens is 1. The van der Waals surface area contributed by atoms with Gasteiger partial charge in [-0.15, -0.1) is 13.2 Å². The molecule has 0 saturated carbocycles. The molecule has 3 amide bonds. The fourth-order valence-corrected chi connectivity index (χ4v) is 8.36. The lowest BCUT2D eigenvalue weighted by molar-refractivity contribution is -0.160. The summed E-state index contributed by atoms with van der Waals surface area (Å²) in [5.41, 5.74) is 1.85. The van der Waals surface area contributed by atoms with Gasteiger partial charge < -0.3 is 29.7 Å². The molecule has 3 aliphatic rings. The number of aliphatic hydroxyl groups is 1. The molecule has 0 aliphatic carbocycles. The number of esters is 1. The average molecular weight is 723 g/mol. The Morgan fingerprint density at radius 1 is 1.19 bits per heavy atom. The number of carbonyl (C=O) groups excluding carboxylic acids is 4. The van der Waals surface area contributed by atoms with Gasteiger partial charge in [-0.2, -0.15) is 0 Å². The zero-order valence-electron chi connectivity index (χ0n) is 27.6. The van der Waals surface area contributed by atoms with E-state index in [2.05, 4.69) is 34.4 Å². The standard InChI is InChI=1S/C37H44BrN3O7/c1-6-8-14-29(43)39-20-28(25-12-10-9-11-13-25)47-36(46)30-31-34(44)41(24(5)21-42)33(37(31)19-26(38)32(30)48-37)35(45)40(17-7-2)27-18-22(3)15-16-23(27)4/h6-7,9-13,15-16,18,24,26,28,30-33,42H,1-2,8,14,17,19-21H2,3-5H3,(H,39,43)/t24-,26?,28+,30+,31-,32+,33+,37-/m1/s1. The van der Waals surface area contributed by atoms with Crippen molar-refractivity contribution in [3.05, 3.63) is 90.5 Å². The van der Waals surface area contributed by atoms with Crippen LogP contribution in [0.2, 0.25) is 0 Å². The number of anilines is 1. The number of likely N-dealkylation sites (tertiary alicyclic amines) is 1. The highest BCUT2D eigenvalue weighted by Gasteiger charge is 2.77. The largest absolute Gasteiger partial charge is 0.455 e. The van der Waals surface area contributed by atoms with Gasteiger partial charge in [0.1, 0.15) is 17.7 Å². The summed E-state index contributed by atoms with van der Waals surface area (Å²) in [5.74, 6) is -3.72. The normalized spacial score (nSPS) is 26.8. The van der Waals surface area contributed by atoms with Crippen molar-refractivity contribution in [1.29, 1.82) is 0 Å². The maximum Gasteiger partial charge on any atom is 0.313 e. The summed E-state index contributed by atoms with van der Waals surface area (Å²) in [6.07, 6.45) is 2.79. The van der Waals surface area contributed by atoms with E-state index in [1.165, 1.54) is 4.90 Å². The zero-order chi connectivity index (χ0) is 34.7. The van der Waals surface area contributed by atoms with E-state index in [4.69, 9.17) is 9.47 Å². The van der Waals surface area contributed by atoms with Crippen LogP contribution in [0.25, 0.3) is 0 Å². The van der Waals surface area contributed by atoms with E-state index >= 15 is 0 Å². The number of aryl methyl sites for hydroxylation is 2. The minimum atomic E-state index is -1.35. The number of ether oxygens (including phenoxy) is 2. The summed E-state index contributed by atoms with van der Waals surface area (Å²) in [5, 5.41) is 13.1. The number of carbonyl (C=O) groups is 4. The van der Waals surface area contributed by atoms with E-state index in [-0.39, 0.29) is 42.8 Å². The molecule has 10 nitrogen and oxygen atoms in total. The van der Waals surface area contributed by atoms with Gasteiger partial charge in [0.05, 0.1) is 37.1 Å². The molecule has 11 heteroatoms. The smallest absolute Gasteiger partial charge is 0.313 e. The third-order valence-electron chi connectivity index (χ3n) is 9.70. The van der Waals surface area contributed by atoms with Crippen molar-refractivity contribution < 1.29 is 33.8 Å². The summed E-state index contributed by atoms with van der Waals surface area (Å²) in [4.78, 5) is 58.7. The highest BCUT2D eigenvalue weighted by Crippen LogP contribution is 2.61. The Morgan fingerprint density at radius 2 is 1.92 bits per heavy atom. The third kappa shape index (κ3) is 6.47. The number of amides is 3. The Labute approximate surface area is 290 Å². The molecule has 8 atom stereocenters. The first kappa shape index (κ1) is 35.5. The van der Waals surface area contributed by atoms with Crippen molar-refractivity contribution >= 4 is 45.3 Å². The molecule has 2 aromatic carbocycles. The lowest BCUT2D eigenvalue weighted by Gasteiger charge is -2.39. The highest BCUT2D eigenvalue weighted by molar-refractivity contribution is 9.09. The van der Waals surface area contributed by atoms with Gasteiger partial charge in [0.2, 0.25) is 11.8 Å². The molecule has 1 unspecified atom stereocenters. The van der Waals surface area contributed by atoms with Crippen LogP contribution in [0.4, 0.5) is 5.69 Å². The number of allylic oxidation sites excluding steroid dienone is 1. The number of hydrogen-bond donors (Lipinski definition) is 2. The van der Waals surface area contributed by atoms with E-state index in [0.29, 0.717) is 24.1 Å². The van der Waals surface area contributed by atoms with Crippen LogP contribution >= 0.6 is 15.9 Å². The predicted octanol–water partition coefficient (Wildman–Crippen LogP) is 4.32. The Bertz CT molecular complexity index is 1570. The van der Waals surface area contributed by atoms with Crippen molar-refractivity contribution in [2.45, 2.75) is 74.8 Å². The number of aliphatic hydroxyl groups excluding tert-OH is 1. The van der Waals surface area contributed by atoms with Crippen molar-refractivity contribution in [2.24, 2.45) is 11.8 Å². The molecule has 256 valence electrons. The Kier molecular flexibility index (Phi) is 10.9. The van der Waals surface area contributed by atoms with Gasteiger partial charge in [-0.25, -0.2) is 0 Å². The van der Waals surface area contributed by atoms with Crippen LogP contribution in [0, 0.1) is 25.7 Å². The van der Waals surface area contributed by atoms with Crippen LogP contribution in [0.3, 0.4) is 0 Å². The number of nitrogens with one attached hydrogen (secondary N) is 1. The van der Waals surface area contributed by atoms with E-state index in [1.54, 1.807) is 24.0 Å². The van der Waals surface area contributed by atoms with Crippen LogP contribution in [0.5, 0.6) is 0 Å². The fraction of sp³-hybridized carbons (Fsp3) is 0.459. The van der Waals surface area contributed by atoms with Crippen LogP contribution in [0.1, 0.15) is 49.0 Å². The number of nitrogens with zero attached hydrogens (tertiary/aromatic N) is 2. The molecule has 3 aliphatic heterocycles. The number of fused-ring (bicyclic) bond motifs is 1. The quantitative estimate of drug-likeness (QED) is 0.169. The van der Waals surface area contributed by atoms with E-state index in [9.17, 15) is 24.3 Å². The topological polar surface area (TPSA) is 125 Å². The second-order valence-electron chi connectivity index (χ2n) is 12.9. The minimum absolute atomic E-state index is 0.0343. The average Bonchev–Trinajstić information content (AvgIpc) is 3.68. The van der Waals surface area contributed by atoms with Gasteiger partial charge in [0.15, 0.2) is 0 Å². The molecular weight excluding hydrogens is 678 g/mol. The summed E-state index contributed by atoms with van der Waals surface area (Å²) in [6, 6.07) is 13.1. The second kappa shape index (κ2) is 14.8. The maximum atomic E-state index is 14.8. The molecule has 2 aromatic rings. The first-order valence-electron chi connectivity index (χ1n) is 16.4. The summed E-state index contributed by atoms with van der Waals surface area (Å²) < 4.78 is 12.8. The van der Waals surface area contributed by atoms with Gasteiger partial charge in [0.25, 0.3) is 5.91 Å². The Hall–Kier alpha value is -3.80. The Morgan fingerprint density at radius 3 is 2.58 bits per heavy atom. The predicted molar refractivity (Wildman–Crippen MR) is 185 cm³/mol. The number of alkyl halides is 1. The van der Waals surface area contributed by atoms with E-state index in [0.717, 1.165) is 11.1 Å². The molecule has 48 heavy (non-hydrogen) atoms. The van der Waals surface area contributed by atoms with Crippen molar-refractivity contribution in [3.8, 4) is 0 Å². The van der Waals surface area contributed by atoms with Crippen LogP contribution in [0.15, 0.2) is 73.8 Å². The molecule has 3 saturated heterocycles. The lowest BCUT2D eigenvalue weighted by Crippen LogP contribution is -2.59. The van der Waals surface area contributed by atoms with Gasteiger partial charge in [0, 0.05) is 23.5 Å². The van der Waals surface area contributed by atoms with Gasteiger partial charge >= 0.3 is 5.97 Å². The molecule has 1 spiro atoms. The molecule has 0 aromatic heterocycles. The van der Waals surface area contributed by atoms with E-state index in [1.807, 2.05) is 62.4 Å². The maximum absolute atomic E-state index is 14.8. The summed E-state index contributed by atoms with van der Waals surface area (Å²) in [7, 11) is 0. The number of hydrogen-bond acceptors (Lipinski definition) is 7. The fourth-order valence-electron chi connectivity index (χ4n) is 7.41. The SMILES string of the molecule is C=CCCC(=O)NC[C@H](OC(=O)[C@@H]1[C@H]2O[C@@]3(CC2Br)[C@H](C(=O)N(CC=C)c2cc(C)ccc2C)N([C@H](C)CO)C(=O)[C@@H]13)c1ccccc1. The van der Waals surface area contributed by atoms with Crippen LogP contribution in [-0.2, 0) is 28.7 Å². The van der Waals surface area contributed by atoms with Crippen LogP contribution in [-0.4, -0.2) is 82.0 Å². The highest BCUT2D eigenvalue weighted by atomic mass is 79.9. The molecule has 2 bridgehead atoms. The van der Waals surface area contributed by atoms with E-state index < -0.39 is 53.6 Å². The zero-order valence-corrected chi connectivity index (χ0v) is 29.2. The Balaban J connectivity index is 1.50. The third-order valence-corrected chi connectivity index (χ3v) is 10.5. The first-order chi connectivity index (χ1) is 23.0. The van der Waals surface area contributed by atoms with Gasteiger partial charge in [-0.1, -0.05) is 70.5 Å². The van der Waals surface area contributed by atoms with Crippen molar-refractivity contribution in [1.82, 2.24) is 10.2 Å². The van der Waals surface area contributed by atoms with Crippen molar-refractivity contribution in [2.75, 3.05) is 24.6 Å². The van der Waals surface area contributed by atoms with Crippen LogP contribution < -0.4 is 10.2 Å². The first-order valence-corrected chi connectivity index (χ1v) is 17.3. The van der Waals surface area contributed by atoms with Crippen molar-refractivity contribution in [3.63, 3.8) is 0 Å². The molecule has 2 N–H and O–H groups in total. The van der Waals surface area contributed by atoms with Gasteiger partial charge in [-0.3, -0.25) is 19.2 Å². The second-order valence-corrected chi connectivity index (χ2v) is 14.1. The summed E-state index contributed by atoms with van der Waals surface area (Å²) in [6.45, 7) is 12.9. The molecule has 3 fully saturated rings. The molecule has 5 rings (SSSR count). The summed E-state index contributed by atoms with van der Waals surface area (Å²) >= 11 is 3.71. The molecule has 3 heterocycles. The minimum Gasteiger partial charge on any atom is -0.455 e. The number of rotatable bonds is 14. The lowest BCUT2D eigenvalue weighted by atomic mass is 9.70. The van der Waals surface area contributed by atoms with Gasteiger partial charge in [-0.05, 0) is 56.4 Å².